The van der Waals surface area contributed by atoms with E-state index in [0.29, 0.717) is 11.7 Å². The number of rotatable bonds is 3. The summed E-state index contributed by atoms with van der Waals surface area (Å²) in [5, 5.41) is 6.67. The number of aryl methyl sites for hydroxylation is 3. The number of thiazole rings is 1. The van der Waals surface area contributed by atoms with Crippen LogP contribution in [0.1, 0.15) is 47.1 Å². The number of aromatic nitrogens is 5. The zero-order valence-corrected chi connectivity index (χ0v) is 16.8. The molecule has 0 aromatic carbocycles. The molecule has 0 aliphatic carbocycles. The molecule has 5 rings (SSSR count). The van der Waals surface area contributed by atoms with Crippen LogP contribution in [0.3, 0.4) is 0 Å². The molecule has 6 nitrogen and oxygen atoms in total. The third-order valence-corrected chi connectivity index (χ3v) is 6.69. The molecule has 0 spiro atoms. The lowest BCUT2D eigenvalue weighted by molar-refractivity contribution is 0.194. The number of nitrogens with zero attached hydrogens (tertiary/aromatic N) is 6. The van der Waals surface area contributed by atoms with Gasteiger partial charge in [-0.3, -0.25) is 4.90 Å². The minimum atomic E-state index is 0.462. The maximum absolute atomic E-state index is 4.49. The Morgan fingerprint density at radius 2 is 2.11 bits per heavy atom. The Hall–Kier alpha value is -2.25. The first-order valence-electron chi connectivity index (χ1n) is 9.55. The Morgan fingerprint density at radius 3 is 3.00 bits per heavy atom. The largest absolute Gasteiger partial charge is 0.307 e. The quantitative estimate of drug-likeness (QED) is 0.543. The van der Waals surface area contributed by atoms with E-state index >= 15 is 0 Å². The fourth-order valence-electron chi connectivity index (χ4n) is 4.41. The van der Waals surface area contributed by atoms with Crippen molar-refractivity contribution in [2.45, 2.75) is 46.1 Å². The third kappa shape index (κ3) is 2.85. The molecule has 5 heterocycles. The normalized spacial score (nSPS) is 18.7. The molecule has 1 saturated heterocycles. The molecule has 1 unspecified atom stereocenters. The Bertz CT molecular complexity index is 1120. The average molecular weight is 381 g/mol. The van der Waals surface area contributed by atoms with E-state index in [4.69, 9.17) is 0 Å². The van der Waals surface area contributed by atoms with Crippen molar-refractivity contribution in [1.82, 2.24) is 28.9 Å². The van der Waals surface area contributed by atoms with Gasteiger partial charge in [-0.25, -0.2) is 9.50 Å². The SMILES string of the molecule is Cc1cc(C2CCCN(Cc3c(C)cc4scc(C)n34)C2)n2ncnc2n1. The second-order valence-corrected chi connectivity index (χ2v) is 8.58. The van der Waals surface area contributed by atoms with Crippen LogP contribution in [0.2, 0.25) is 0 Å². The smallest absolute Gasteiger partial charge is 0.252 e. The highest BCUT2D eigenvalue weighted by Crippen LogP contribution is 2.30. The summed E-state index contributed by atoms with van der Waals surface area (Å²) in [6.07, 6.45) is 4.00. The molecule has 0 saturated carbocycles. The first-order valence-corrected chi connectivity index (χ1v) is 10.4. The van der Waals surface area contributed by atoms with Crippen LogP contribution in [0.5, 0.6) is 0 Å². The molecular weight excluding hydrogens is 356 g/mol. The summed E-state index contributed by atoms with van der Waals surface area (Å²) in [5.74, 6) is 1.17. The summed E-state index contributed by atoms with van der Waals surface area (Å²) in [5.41, 5.74) is 6.41. The van der Waals surface area contributed by atoms with E-state index in [1.165, 1.54) is 40.3 Å². The number of hydrogen-bond acceptors (Lipinski definition) is 5. The van der Waals surface area contributed by atoms with Gasteiger partial charge in [0.05, 0.1) is 10.5 Å². The lowest BCUT2D eigenvalue weighted by atomic mass is 9.94. The zero-order valence-electron chi connectivity index (χ0n) is 16.0. The Labute approximate surface area is 162 Å². The lowest BCUT2D eigenvalue weighted by Crippen LogP contribution is -2.35. The van der Waals surface area contributed by atoms with Gasteiger partial charge in [0.15, 0.2) is 0 Å². The van der Waals surface area contributed by atoms with Crippen LogP contribution in [0.25, 0.3) is 10.6 Å². The predicted octanol–water partition coefficient (Wildman–Crippen LogP) is 3.74. The van der Waals surface area contributed by atoms with Crippen molar-refractivity contribution < 1.29 is 0 Å². The Kier molecular flexibility index (Phi) is 4.02. The van der Waals surface area contributed by atoms with Crippen molar-refractivity contribution in [1.29, 1.82) is 0 Å². The van der Waals surface area contributed by atoms with Crippen molar-refractivity contribution in [3.8, 4) is 0 Å². The molecule has 0 N–H and O–H groups in total. The van der Waals surface area contributed by atoms with E-state index in [2.05, 4.69) is 55.7 Å². The third-order valence-electron chi connectivity index (χ3n) is 5.69. The van der Waals surface area contributed by atoms with Crippen molar-refractivity contribution in [2.75, 3.05) is 13.1 Å². The average Bonchev–Trinajstić information content (AvgIpc) is 3.33. The monoisotopic (exact) mass is 380 g/mol. The topological polar surface area (TPSA) is 50.7 Å². The molecular formula is C20H24N6S. The lowest BCUT2D eigenvalue weighted by Gasteiger charge is -2.33. The summed E-state index contributed by atoms with van der Waals surface area (Å²) in [7, 11) is 0. The van der Waals surface area contributed by atoms with E-state index in [-0.39, 0.29) is 0 Å². The van der Waals surface area contributed by atoms with Crippen LogP contribution in [0, 0.1) is 20.8 Å². The van der Waals surface area contributed by atoms with Crippen molar-refractivity contribution in [3.63, 3.8) is 0 Å². The minimum absolute atomic E-state index is 0.462. The molecule has 1 aliphatic rings. The van der Waals surface area contributed by atoms with E-state index in [1.807, 2.05) is 22.8 Å². The van der Waals surface area contributed by atoms with Gasteiger partial charge in [0.25, 0.3) is 5.78 Å². The summed E-state index contributed by atoms with van der Waals surface area (Å²) in [6.45, 7) is 9.68. The Balaban J connectivity index is 1.45. The second-order valence-electron chi connectivity index (χ2n) is 7.69. The molecule has 4 aromatic rings. The number of hydrogen-bond donors (Lipinski definition) is 0. The highest BCUT2D eigenvalue weighted by Gasteiger charge is 2.25. The number of likely N-dealkylation sites (tertiary alicyclic amines) is 1. The van der Waals surface area contributed by atoms with Gasteiger partial charge in [0.2, 0.25) is 0 Å². The van der Waals surface area contributed by atoms with Gasteiger partial charge in [-0.15, -0.1) is 11.3 Å². The molecule has 140 valence electrons. The number of fused-ring (bicyclic) bond motifs is 2. The minimum Gasteiger partial charge on any atom is -0.307 e. The molecule has 1 aliphatic heterocycles. The molecule has 27 heavy (non-hydrogen) atoms. The summed E-state index contributed by atoms with van der Waals surface area (Å²) in [6, 6.07) is 4.50. The second kappa shape index (κ2) is 6.42. The van der Waals surface area contributed by atoms with Crippen LogP contribution >= 0.6 is 11.3 Å². The predicted molar refractivity (Wildman–Crippen MR) is 108 cm³/mol. The summed E-state index contributed by atoms with van der Waals surface area (Å²) < 4.78 is 4.35. The van der Waals surface area contributed by atoms with Gasteiger partial charge in [0, 0.05) is 41.5 Å². The molecule has 7 heteroatoms. The molecule has 4 aromatic heterocycles. The summed E-state index contributed by atoms with van der Waals surface area (Å²) >= 11 is 1.83. The van der Waals surface area contributed by atoms with Crippen molar-refractivity contribution >= 4 is 21.9 Å². The van der Waals surface area contributed by atoms with Crippen LogP contribution in [-0.2, 0) is 6.54 Å². The fourth-order valence-corrected chi connectivity index (χ4v) is 5.41. The molecule has 1 fully saturated rings. The zero-order chi connectivity index (χ0) is 18.5. The van der Waals surface area contributed by atoms with E-state index in [0.717, 1.165) is 25.3 Å². The van der Waals surface area contributed by atoms with Crippen LogP contribution < -0.4 is 0 Å². The summed E-state index contributed by atoms with van der Waals surface area (Å²) in [4.78, 5) is 12.7. The van der Waals surface area contributed by atoms with Gasteiger partial charge in [-0.05, 0) is 57.9 Å². The van der Waals surface area contributed by atoms with Crippen LogP contribution in [-0.4, -0.2) is 42.0 Å². The van der Waals surface area contributed by atoms with E-state index in [1.54, 1.807) is 6.33 Å². The van der Waals surface area contributed by atoms with Gasteiger partial charge in [-0.1, -0.05) is 0 Å². The van der Waals surface area contributed by atoms with Crippen LogP contribution in [0.15, 0.2) is 23.8 Å². The standard InChI is InChI=1S/C20H24N6S/c1-13-7-19-25(15(3)11-27-19)18(13)10-24-6-4-5-16(9-24)17-8-14(2)23-20-21-12-22-26(17)20/h7-8,11-12,16H,4-6,9-10H2,1-3H3. The maximum atomic E-state index is 4.49. The molecule has 0 amide bonds. The first kappa shape index (κ1) is 16.9. The van der Waals surface area contributed by atoms with Gasteiger partial charge in [-0.2, -0.15) is 10.1 Å². The van der Waals surface area contributed by atoms with Crippen LogP contribution in [0.4, 0.5) is 0 Å². The maximum Gasteiger partial charge on any atom is 0.252 e. The molecule has 1 atom stereocenters. The Morgan fingerprint density at radius 1 is 1.22 bits per heavy atom. The van der Waals surface area contributed by atoms with Crippen molar-refractivity contribution in [2.24, 2.45) is 0 Å². The fraction of sp³-hybridized carbons (Fsp3) is 0.450. The highest BCUT2D eigenvalue weighted by atomic mass is 32.1. The van der Waals surface area contributed by atoms with Gasteiger partial charge in [0.1, 0.15) is 6.33 Å². The van der Waals surface area contributed by atoms with E-state index in [9.17, 15) is 0 Å². The van der Waals surface area contributed by atoms with Crippen molar-refractivity contribution in [3.05, 3.63) is 52.2 Å². The first-order chi connectivity index (χ1) is 13.1. The highest BCUT2D eigenvalue weighted by molar-refractivity contribution is 7.15. The molecule has 0 bridgehead atoms. The molecule has 0 radical (unpaired) electrons. The number of piperidine rings is 1. The van der Waals surface area contributed by atoms with Gasteiger partial charge >= 0.3 is 0 Å². The van der Waals surface area contributed by atoms with E-state index < -0.39 is 0 Å². The van der Waals surface area contributed by atoms with Gasteiger partial charge < -0.3 is 4.40 Å².